The molecule has 2 N–H and O–H groups in total. The Balaban J connectivity index is 2.43. The molecule has 0 aromatic rings. The van der Waals surface area contributed by atoms with Gasteiger partial charge < -0.3 is 10.4 Å². The van der Waals surface area contributed by atoms with Crippen LogP contribution in [0.25, 0.3) is 0 Å². The lowest BCUT2D eigenvalue weighted by Crippen LogP contribution is -2.44. The first-order valence-electron chi connectivity index (χ1n) is 5.72. The highest BCUT2D eigenvalue weighted by Gasteiger charge is 2.26. The molecule has 1 saturated heterocycles. The van der Waals surface area contributed by atoms with Crippen LogP contribution in [0.4, 0.5) is 0 Å². The van der Waals surface area contributed by atoms with Crippen LogP contribution in [0.5, 0.6) is 0 Å². The highest BCUT2D eigenvalue weighted by Crippen LogP contribution is 2.17. The fourth-order valence-corrected chi connectivity index (χ4v) is 2.87. The minimum Gasteiger partial charge on any atom is -0.480 e. The van der Waals surface area contributed by atoms with Crippen molar-refractivity contribution in [2.75, 3.05) is 25.9 Å². The Morgan fingerprint density at radius 3 is 2.76 bits per heavy atom. The number of hydrogen-bond acceptors (Lipinski definition) is 4. The molecule has 1 fully saturated rings. The largest absolute Gasteiger partial charge is 0.480 e. The molecule has 1 unspecified atom stereocenters. The summed E-state index contributed by atoms with van der Waals surface area (Å²) in [6.45, 7) is 3.18. The number of hydrogen-bond donors (Lipinski definition) is 2. The fraction of sp³-hybridized carbons (Fsp3) is 0.900. The second-order valence-electron chi connectivity index (χ2n) is 4.60. The van der Waals surface area contributed by atoms with Gasteiger partial charge in [0.05, 0.1) is 6.26 Å². The molecule has 6 nitrogen and oxygen atoms in total. The second kappa shape index (κ2) is 5.79. The number of sulfonamides is 1. The minimum atomic E-state index is -3.12. The number of nitrogens with zero attached hydrogens (tertiary/aromatic N) is 1. The van der Waals surface area contributed by atoms with Crippen LogP contribution in [0.2, 0.25) is 0 Å². The molecule has 0 radical (unpaired) electrons. The maximum Gasteiger partial charge on any atom is 0.320 e. The zero-order valence-corrected chi connectivity index (χ0v) is 11.0. The highest BCUT2D eigenvalue weighted by atomic mass is 32.2. The van der Waals surface area contributed by atoms with Gasteiger partial charge in [-0.25, -0.2) is 12.7 Å². The number of piperidine rings is 1. The molecular formula is C10H20N2O4S. The molecule has 0 aromatic heterocycles. The quantitative estimate of drug-likeness (QED) is 0.713. The summed E-state index contributed by atoms with van der Waals surface area (Å²) in [5.74, 6) is -0.693. The van der Waals surface area contributed by atoms with E-state index in [2.05, 4.69) is 5.32 Å². The zero-order valence-electron chi connectivity index (χ0n) is 10.2. The molecule has 0 amide bonds. The summed E-state index contributed by atoms with van der Waals surface area (Å²) in [6.07, 6.45) is 2.98. The molecular weight excluding hydrogens is 244 g/mol. The third-order valence-corrected chi connectivity index (χ3v) is 4.30. The lowest BCUT2D eigenvalue weighted by Gasteiger charge is -2.31. The van der Waals surface area contributed by atoms with E-state index in [1.54, 1.807) is 6.92 Å². The molecule has 17 heavy (non-hydrogen) atoms. The lowest BCUT2D eigenvalue weighted by molar-refractivity contribution is -0.139. The van der Waals surface area contributed by atoms with Crippen LogP contribution in [0.1, 0.15) is 19.8 Å². The van der Waals surface area contributed by atoms with E-state index >= 15 is 0 Å². The summed E-state index contributed by atoms with van der Waals surface area (Å²) in [7, 11) is -3.12. The van der Waals surface area contributed by atoms with Crippen LogP contribution in [0.3, 0.4) is 0 Å². The van der Waals surface area contributed by atoms with Gasteiger partial charge in [0.15, 0.2) is 0 Å². The average Bonchev–Trinajstić information content (AvgIpc) is 2.25. The molecule has 1 aliphatic heterocycles. The van der Waals surface area contributed by atoms with Crippen LogP contribution in [0, 0.1) is 5.92 Å². The van der Waals surface area contributed by atoms with Crippen LogP contribution in [-0.4, -0.2) is 55.7 Å². The zero-order chi connectivity index (χ0) is 13.1. The first-order valence-corrected chi connectivity index (χ1v) is 7.57. The third kappa shape index (κ3) is 4.61. The van der Waals surface area contributed by atoms with Crippen molar-refractivity contribution in [2.45, 2.75) is 25.8 Å². The Morgan fingerprint density at radius 2 is 2.24 bits per heavy atom. The van der Waals surface area contributed by atoms with E-state index in [4.69, 9.17) is 5.11 Å². The summed E-state index contributed by atoms with van der Waals surface area (Å²) in [5, 5.41) is 11.6. The van der Waals surface area contributed by atoms with E-state index in [1.165, 1.54) is 10.6 Å². The smallest absolute Gasteiger partial charge is 0.320 e. The first-order chi connectivity index (χ1) is 7.80. The molecule has 2 atom stereocenters. The van der Waals surface area contributed by atoms with Gasteiger partial charge in [0.2, 0.25) is 10.0 Å². The Kier molecular flexibility index (Phi) is 4.91. The molecule has 1 aliphatic rings. The van der Waals surface area contributed by atoms with Crippen molar-refractivity contribution in [3.8, 4) is 0 Å². The van der Waals surface area contributed by atoms with Crippen LogP contribution >= 0.6 is 0 Å². The van der Waals surface area contributed by atoms with Crippen molar-refractivity contribution in [1.82, 2.24) is 9.62 Å². The van der Waals surface area contributed by atoms with E-state index in [9.17, 15) is 13.2 Å². The van der Waals surface area contributed by atoms with Gasteiger partial charge in [-0.1, -0.05) is 0 Å². The number of carboxylic acid groups (broad SMARTS) is 1. The Hall–Kier alpha value is -0.660. The molecule has 1 rings (SSSR count). The maximum atomic E-state index is 11.4. The highest BCUT2D eigenvalue weighted by molar-refractivity contribution is 7.88. The van der Waals surface area contributed by atoms with Gasteiger partial charge >= 0.3 is 5.97 Å². The van der Waals surface area contributed by atoms with Gasteiger partial charge in [0, 0.05) is 19.6 Å². The summed E-state index contributed by atoms with van der Waals surface area (Å²) in [5.41, 5.74) is 0. The number of carboxylic acids is 1. The standard InChI is InChI=1S/C10H20N2O4S/c1-8(10(13)14)11-6-9-4-3-5-12(7-9)17(2,15)16/h8-9,11H,3-7H2,1-2H3,(H,13,14)/t8-,9?/m0/s1. The van der Waals surface area contributed by atoms with Gasteiger partial charge in [0.25, 0.3) is 0 Å². The molecule has 0 spiro atoms. The number of carbonyl (C=O) groups is 1. The predicted octanol–water partition coefficient (Wildman–Crippen LogP) is -0.279. The second-order valence-corrected chi connectivity index (χ2v) is 6.58. The summed E-state index contributed by atoms with van der Waals surface area (Å²) in [6, 6.07) is -0.594. The topological polar surface area (TPSA) is 86.7 Å². The Bertz CT molecular complexity index is 369. The van der Waals surface area contributed by atoms with Crippen molar-refractivity contribution >= 4 is 16.0 Å². The van der Waals surface area contributed by atoms with E-state index in [-0.39, 0.29) is 5.92 Å². The summed E-state index contributed by atoms with van der Waals surface area (Å²) in [4.78, 5) is 10.6. The summed E-state index contributed by atoms with van der Waals surface area (Å²) < 4.78 is 24.2. The number of rotatable bonds is 5. The minimum absolute atomic E-state index is 0.195. The monoisotopic (exact) mass is 264 g/mol. The number of nitrogens with one attached hydrogen (secondary N) is 1. The van der Waals surface area contributed by atoms with Gasteiger partial charge in [-0.05, 0) is 25.7 Å². The predicted molar refractivity (Wildman–Crippen MR) is 64.2 cm³/mol. The Morgan fingerprint density at radius 1 is 1.59 bits per heavy atom. The normalized spacial score (nSPS) is 24.5. The van der Waals surface area contributed by atoms with Gasteiger partial charge in [-0.15, -0.1) is 0 Å². The van der Waals surface area contributed by atoms with Crippen LogP contribution in [0.15, 0.2) is 0 Å². The van der Waals surface area contributed by atoms with E-state index in [1.807, 2.05) is 0 Å². The average molecular weight is 264 g/mol. The van der Waals surface area contributed by atoms with Crippen molar-refractivity contribution in [1.29, 1.82) is 0 Å². The van der Waals surface area contributed by atoms with Gasteiger partial charge in [-0.3, -0.25) is 4.79 Å². The van der Waals surface area contributed by atoms with Crippen molar-refractivity contribution < 1.29 is 18.3 Å². The van der Waals surface area contributed by atoms with Crippen LogP contribution < -0.4 is 5.32 Å². The molecule has 0 saturated carbocycles. The van der Waals surface area contributed by atoms with Gasteiger partial charge in [-0.2, -0.15) is 0 Å². The molecule has 0 aromatic carbocycles. The number of aliphatic carboxylic acids is 1. The van der Waals surface area contributed by atoms with Crippen molar-refractivity contribution in [3.63, 3.8) is 0 Å². The maximum absolute atomic E-state index is 11.4. The molecule has 1 heterocycles. The summed E-state index contributed by atoms with van der Waals surface area (Å²) >= 11 is 0. The first kappa shape index (κ1) is 14.4. The Labute approximate surface area is 102 Å². The molecule has 7 heteroatoms. The van der Waals surface area contributed by atoms with Gasteiger partial charge in [0.1, 0.15) is 6.04 Å². The lowest BCUT2D eigenvalue weighted by atomic mass is 9.99. The van der Waals surface area contributed by atoms with E-state index in [0.29, 0.717) is 19.6 Å². The third-order valence-electron chi connectivity index (χ3n) is 3.03. The fourth-order valence-electron chi connectivity index (χ4n) is 1.93. The molecule has 0 aliphatic carbocycles. The van der Waals surface area contributed by atoms with Crippen molar-refractivity contribution in [2.24, 2.45) is 5.92 Å². The van der Waals surface area contributed by atoms with Crippen LogP contribution in [-0.2, 0) is 14.8 Å². The SMILES string of the molecule is C[C@H](NCC1CCCN(S(C)(=O)=O)C1)C(=O)O. The van der Waals surface area contributed by atoms with Crippen molar-refractivity contribution in [3.05, 3.63) is 0 Å². The molecule has 100 valence electrons. The van der Waals surface area contributed by atoms with E-state index < -0.39 is 22.0 Å². The van der Waals surface area contributed by atoms with E-state index in [0.717, 1.165) is 12.8 Å². The molecule has 0 bridgehead atoms.